The second kappa shape index (κ2) is 3.42. The fourth-order valence-corrected chi connectivity index (χ4v) is 1.81. The topological polar surface area (TPSA) is 40.5 Å². The fourth-order valence-electron chi connectivity index (χ4n) is 1.81. The molecule has 74 valence electrons. The first-order valence-corrected chi connectivity index (χ1v) is 4.71. The molecule has 0 saturated carbocycles. The van der Waals surface area contributed by atoms with E-state index in [1.165, 1.54) is 0 Å². The van der Waals surface area contributed by atoms with Gasteiger partial charge in [-0.25, -0.2) is 0 Å². The molecule has 14 heavy (non-hydrogen) atoms. The van der Waals surface area contributed by atoms with Gasteiger partial charge in [0.15, 0.2) is 0 Å². The van der Waals surface area contributed by atoms with Crippen LogP contribution in [0.5, 0.6) is 0 Å². The van der Waals surface area contributed by atoms with E-state index >= 15 is 0 Å². The van der Waals surface area contributed by atoms with E-state index < -0.39 is 0 Å². The van der Waals surface area contributed by atoms with Gasteiger partial charge in [-0.05, 0) is 23.6 Å². The molecule has 1 aromatic carbocycles. The summed E-state index contributed by atoms with van der Waals surface area (Å²) in [5.74, 6) is 0.140. The molecule has 0 atom stereocenters. The number of hydrogen-bond acceptors (Lipinski definition) is 2. The predicted molar refractivity (Wildman–Crippen MR) is 54.3 cm³/mol. The lowest BCUT2D eigenvalue weighted by molar-refractivity contribution is -0.117. The number of nitrogens with zero attached hydrogens (tertiary/aromatic N) is 1. The Morgan fingerprint density at radius 3 is 3.00 bits per heavy atom. The highest BCUT2D eigenvalue weighted by Gasteiger charge is 2.23. The molecule has 0 saturated heterocycles. The van der Waals surface area contributed by atoms with Gasteiger partial charge in [0, 0.05) is 19.3 Å². The van der Waals surface area contributed by atoms with Gasteiger partial charge in [-0.3, -0.25) is 4.79 Å². The summed E-state index contributed by atoms with van der Waals surface area (Å²) in [6.07, 6.45) is 1.15. The van der Waals surface area contributed by atoms with Crippen molar-refractivity contribution in [3.63, 3.8) is 0 Å². The van der Waals surface area contributed by atoms with Gasteiger partial charge in [0.25, 0.3) is 0 Å². The summed E-state index contributed by atoms with van der Waals surface area (Å²) in [5, 5.41) is 8.79. The Morgan fingerprint density at radius 2 is 2.29 bits per heavy atom. The number of anilines is 1. The number of amides is 1. The van der Waals surface area contributed by atoms with Crippen LogP contribution in [0.15, 0.2) is 18.2 Å². The van der Waals surface area contributed by atoms with Gasteiger partial charge in [0.1, 0.15) is 0 Å². The number of fused-ring (bicyclic) bond motifs is 1. The van der Waals surface area contributed by atoms with Crippen molar-refractivity contribution in [2.75, 3.05) is 18.6 Å². The Labute approximate surface area is 83.0 Å². The average Bonchev–Trinajstić information content (AvgIpc) is 2.43. The molecule has 0 spiro atoms. The second-order valence-corrected chi connectivity index (χ2v) is 3.57. The number of carbonyl (C=O) groups excluding carboxylic acids is 1. The van der Waals surface area contributed by atoms with Crippen LogP contribution >= 0.6 is 0 Å². The minimum atomic E-state index is 0.140. The molecule has 1 aliphatic heterocycles. The third-order valence-corrected chi connectivity index (χ3v) is 2.62. The molecule has 0 bridgehead atoms. The zero-order chi connectivity index (χ0) is 10.1. The van der Waals surface area contributed by atoms with E-state index in [0.29, 0.717) is 12.8 Å². The van der Waals surface area contributed by atoms with E-state index in [4.69, 9.17) is 5.11 Å². The number of aliphatic hydroxyl groups excluding tert-OH is 1. The van der Waals surface area contributed by atoms with Gasteiger partial charge in [-0.1, -0.05) is 12.1 Å². The molecule has 1 amide bonds. The van der Waals surface area contributed by atoms with E-state index in [2.05, 4.69) is 0 Å². The Kier molecular flexibility index (Phi) is 2.25. The van der Waals surface area contributed by atoms with E-state index in [9.17, 15) is 4.79 Å². The number of likely N-dealkylation sites (N-methyl/N-ethyl adjacent to an activating group) is 1. The van der Waals surface area contributed by atoms with Crippen molar-refractivity contribution in [2.24, 2.45) is 0 Å². The Bertz CT molecular complexity index is 374. The normalized spacial score (nSPS) is 14.7. The van der Waals surface area contributed by atoms with Crippen LogP contribution in [0.2, 0.25) is 0 Å². The zero-order valence-corrected chi connectivity index (χ0v) is 8.16. The maximum Gasteiger partial charge on any atom is 0.231 e. The first-order valence-electron chi connectivity index (χ1n) is 4.71. The highest BCUT2D eigenvalue weighted by molar-refractivity contribution is 6.00. The molecule has 0 fully saturated rings. The molecule has 3 heteroatoms. The number of aliphatic hydroxyl groups is 1. The Hall–Kier alpha value is -1.35. The molecule has 0 unspecified atom stereocenters. The summed E-state index contributed by atoms with van der Waals surface area (Å²) in [6.45, 7) is 0.155. The van der Waals surface area contributed by atoms with Gasteiger partial charge >= 0.3 is 0 Å². The smallest absolute Gasteiger partial charge is 0.231 e. The van der Waals surface area contributed by atoms with E-state index in [1.807, 2.05) is 18.2 Å². The summed E-state index contributed by atoms with van der Waals surface area (Å²) < 4.78 is 0. The van der Waals surface area contributed by atoms with Crippen molar-refractivity contribution in [1.29, 1.82) is 0 Å². The van der Waals surface area contributed by atoms with Crippen LogP contribution in [0.25, 0.3) is 0 Å². The molecule has 1 N–H and O–H groups in total. The maximum atomic E-state index is 11.4. The van der Waals surface area contributed by atoms with Crippen LogP contribution < -0.4 is 4.90 Å². The van der Waals surface area contributed by atoms with Crippen molar-refractivity contribution in [3.05, 3.63) is 29.3 Å². The molecule has 1 aliphatic rings. The first kappa shape index (κ1) is 9.21. The summed E-state index contributed by atoms with van der Waals surface area (Å²) in [5.41, 5.74) is 3.16. The van der Waals surface area contributed by atoms with Crippen molar-refractivity contribution >= 4 is 11.6 Å². The van der Waals surface area contributed by atoms with Crippen LogP contribution in [-0.4, -0.2) is 24.7 Å². The zero-order valence-electron chi connectivity index (χ0n) is 8.16. The van der Waals surface area contributed by atoms with Crippen LogP contribution in [0.3, 0.4) is 0 Å². The van der Waals surface area contributed by atoms with Gasteiger partial charge in [0.05, 0.1) is 6.42 Å². The molecule has 0 aliphatic carbocycles. The monoisotopic (exact) mass is 191 g/mol. The number of carbonyl (C=O) groups is 1. The molecule has 2 rings (SSSR count). The van der Waals surface area contributed by atoms with Crippen LogP contribution in [0.4, 0.5) is 5.69 Å². The SMILES string of the molecule is CN1C(=O)Cc2cc(CCO)ccc21. The number of hydrogen-bond donors (Lipinski definition) is 1. The van der Waals surface area contributed by atoms with E-state index in [-0.39, 0.29) is 12.5 Å². The van der Waals surface area contributed by atoms with Gasteiger partial charge in [-0.2, -0.15) is 0 Å². The quantitative estimate of drug-likeness (QED) is 0.749. The van der Waals surface area contributed by atoms with Crippen molar-refractivity contribution in [1.82, 2.24) is 0 Å². The summed E-state index contributed by atoms with van der Waals surface area (Å²) >= 11 is 0. The van der Waals surface area contributed by atoms with Gasteiger partial charge in [0.2, 0.25) is 5.91 Å². The third-order valence-electron chi connectivity index (χ3n) is 2.62. The molecular formula is C11H13NO2. The van der Waals surface area contributed by atoms with Crippen LogP contribution in [0, 0.1) is 0 Å². The summed E-state index contributed by atoms with van der Waals surface area (Å²) in [7, 11) is 1.79. The molecule has 0 radical (unpaired) electrons. The highest BCUT2D eigenvalue weighted by Crippen LogP contribution is 2.28. The third kappa shape index (κ3) is 1.40. The Morgan fingerprint density at radius 1 is 1.50 bits per heavy atom. The van der Waals surface area contributed by atoms with Gasteiger partial charge < -0.3 is 10.0 Å². The van der Waals surface area contributed by atoms with E-state index in [0.717, 1.165) is 16.8 Å². The lowest BCUT2D eigenvalue weighted by atomic mass is 10.1. The predicted octanol–water partition coefficient (Wildman–Crippen LogP) is 0.740. The lowest BCUT2D eigenvalue weighted by Crippen LogP contribution is -2.20. The number of benzene rings is 1. The van der Waals surface area contributed by atoms with Crippen molar-refractivity contribution < 1.29 is 9.90 Å². The van der Waals surface area contributed by atoms with Crippen molar-refractivity contribution in [2.45, 2.75) is 12.8 Å². The largest absolute Gasteiger partial charge is 0.396 e. The summed E-state index contributed by atoms with van der Waals surface area (Å²) in [6, 6.07) is 5.92. The average molecular weight is 191 g/mol. The first-order chi connectivity index (χ1) is 6.72. The highest BCUT2D eigenvalue weighted by atomic mass is 16.2. The molecular weight excluding hydrogens is 178 g/mol. The number of rotatable bonds is 2. The summed E-state index contributed by atoms with van der Waals surface area (Å²) in [4.78, 5) is 13.1. The maximum absolute atomic E-state index is 11.4. The molecule has 1 aromatic rings. The van der Waals surface area contributed by atoms with Crippen molar-refractivity contribution in [3.8, 4) is 0 Å². The minimum absolute atomic E-state index is 0.140. The molecule has 3 nitrogen and oxygen atoms in total. The van der Waals surface area contributed by atoms with E-state index in [1.54, 1.807) is 11.9 Å². The van der Waals surface area contributed by atoms with Crippen LogP contribution in [-0.2, 0) is 17.6 Å². The molecule has 0 aromatic heterocycles. The fraction of sp³-hybridized carbons (Fsp3) is 0.364. The minimum Gasteiger partial charge on any atom is -0.396 e. The standard InChI is InChI=1S/C11H13NO2/c1-12-10-3-2-8(4-5-13)6-9(10)7-11(12)14/h2-3,6,13H,4-5,7H2,1H3. The second-order valence-electron chi connectivity index (χ2n) is 3.57. The lowest BCUT2D eigenvalue weighted by Gasteiger charge is -2.10. The van der Waals surface area contributed by atoms with Gasteiger partial charge in [-0.15, -0.1) is 0 Å². The molecule has 1 heterocycles. The van der Waals surface area contributed by atoms with Crippen LogP contribution in [0.1, 0.15) is 11.1 Å². The Balaban J connectivity index is 2.34.